The molecule has 0 atom stereocenters. The van der Waals surface area contributed by atoms with E-state index < -0.39 is 11.0 Å². The van der Waals surface area contributed by atoms with Gasteiger partial charge < -0.3 is 9.64 Å². The minimum atomic E-state index is -0.699. The first-order valence-electron chi connectivity index (χ1n) is 21.3. The normalized spacial score (nSPS) is 15.1. The average molecular weight is 793 g/mol. The Labute approximate surface area is 359 Å². The molecule has 2 spiro atoms. The van der Waals surface area contributed by atoms with Crippen molar-refractivity contribution in [3.63, 3.8) is 0 Å². The van der Waals surface area contributed by atoms with Crippen LogP contribution in [0.4, 0.5) is 34.4 Å². The van der Waals surface area contributed by atoms with Crippen LogP contribution in [0.5, 0.6) is 11.5 Å². The molecule has 0 N–H and O–H groups in total. The Kier molecular flexibility index (Phi) is 6.63. The molecule has 5 nitrogen and oxygen atoms in total. The summed E-state index contributed by atoms with van der Waals surface area (Å²) in [6, 6.07) is 79.4. The third-order valence-electron chi connectivity index (χ3n) is 13.8. The molecule has 4 heterocycles. The Morgan fingerprint density at radius 3 is 1.53 bits per heavy atom. The zero-order valence-corrected chi connectivity index (χ0v) is 33.5. The van der Waals surface area contributed by atoms with Crippen molar-refractivity contribution in [2.45, 2.75) is 11.0 Å². The van der Waals surface area contributed by atoms with Gasteiger partial charge in [0.2, 0.25) is 5.95 Å². The maximum atomic E-state index is 6.68. The molecular weight excluding hydrogens is 757 g/mol. The summed E-state index contributed by atoms with van der Waals surface area (Å²) < 4.78 is 9.19. The highest BCUT2D eigenvalue weighted by Crippen LogP contribution is 2.65. The maximum absolute atomic E-state index is 6.68. The molecule has 0 saturated heterocycles. The van der Waals surface area contributed by atoms with Crippen molar-refractivity contribution >= 4 is 45.4 Å². The van der Waals surface area contributed by atoms with Gasteiger partial charge in [-0.05, 0) is 94.0 Å². The van der Waals surface area contributed by atoms with E-state index in [0.717, 1.165) is 68.0 Å². The first kappa shape index (κ1) is 33.7. The molecule has 62 heavy (non-hydrogen) atoms. The molecule has 1 aliphatic carbocycles. The zero-order chi connectivity index (χ0) is 40.6. The van der Waals surface area contributed by atoms with Gasteiger partial charge >= 0.3 is 0 Å². The van der Waals surface area contributed by atoms with E-state index in [2.05, 4.69) is 233 Å². The van der Waals surface area contributed by atoms with Gasteiger partial charge in [0, 0.05) is 28.1 Å². The van der Waals surface area contributed by atoms with Crippen LogP contribution in [-0.4, -0.2) is 9.55 Å². The van der Waals surface area contributed by atoms with Crippen LogP contribution in [0.2, 0.25) is 0 Å². The lowest BCUT2D eigenvalue weighted by Crippen LogP contribution is -2.42. The largest absolute Gasteiger partial charge is 0.457 e. The topological polar surface area (TPSA) is 33.5 Å². The fourth-order valence-electron chi connectivity index (χ4n) is 11.5. The van der Waals surface area contributed by atoms with Gasteiger partial charge in [0.15, 0.2) is 0 Å². The van der Waals surface area contributed by atoms with Gasteiger partial charge in [0.25, 0.3) is 0 Å². The first-order chi connectivity index (χ1) is 30.8. The summed E-state index contributed by atoms with van der Waals surface area (Å²) in [6.45, 7) is 0. The molecular formula is C57H36N4O. The lowest BCUT2D eigenvalue weighted by atomic mass is 9.61. The molecule has 290 valence electrons. The van der Waals surface area contributed by atoms with Gasteiger partial charge in [-0.1, -0.05) is 158 Å². The van der Waals surface area contributed by atoms with Crippen molar-refractivity contribution < 1.29 is 4.74 Å². The van der Waals surface area contributed by atoms with E-state index in [4.69, 9.17) is 9.72 Å². The number of hydrogen-bond donors (Lipinski definition) is 0. The third-order valence-corrected chi connectivity index (χ3v) is 13.8. The van der Waals surface area contributed by atoms with Crippen molar-refractivity contribution in [3.8, 4) is 22.6 Å². The molecule has 0 amide bonds. The quantitative estimate of drug-likeness (QED) is 0.175. The molecule has 10 aromatic rings. The van der Waals surface area contributed by atoms with Crippen molar-refractivity contribution in [1.29, 1.82) is 0 Å². The van der Waals surface area contributed by atoms with Crippen LogP contribution in [-0.2, 0) is 11.0 Å². The standard InChI is InChI=1S/C57H36N4O/c1-2-18-37(19-3-1)60-52-36-38(34-35-45(52)57(61-51-31-15-12-28-48(51)58-55(60)61)41-22-6-4-20-39(41)40-21-5-7-23-42(40)57)59-49-29-13-8-24-43(49)56(44-25-9-14-30-50(44)59)46-26-10-16-32-53(46)62-54-33-17-11-27-47(54)56/h1-36H. The molecule has 9 aromatic carbocycles. The summed E-state index contributed by atoms with van der Waals surface area (Å²) in [6.07, 6.45) is 0. The molecule has 14 rings (SSSR count). The Balaban J connectivity index is 1.09. The van der Waals surface area contributed by atoms with Crippen molar-refractivity contribution in [2.75, 3.05) is 9.80 Å². The van der Waals surface area contributed by atoms with Gasteiger partial charge in [-0.2, -0.15) is 0 Å². The van der Waals surface area contributed by atoms with Gasteiger partial charge in [0.05, 0.1) is 33.5 Å². The smallest absolute Gasteiger partial charge is 0.217 e. The number of aromatic nitrogens is 2. The van der Waals surface area contributed by atoms with E-state index in [1.807, 2.05) is 0 Å². The number of imidazole rings is 1. The molecule has 0 radical (unpaired) electrons. The fourth-order valence-corrected chi connectivity index (χ4v) is 11.5. The molecule has 5 heteroatoms. The Hall–Kier alpha value is -8.15. The average Bonchev–Trinajstić information content (AvgIpc) is 3.86. The number of para-hydroxylation sites is 7. The third kappa shape index (κ3) is 4.05. The van der Waals surface area contributed by atoms with E-state index in [1.165, 1.54) is 38.9 Å². The highest BCUT2D eigenvalue weighted by atomic mass is 16.5. The SMILES string of the molecule is c1ccc(N2c3cc(N4c5ccccc5C5(c6ccccc6Oc6ccccc65)c5ccccc54)ccc3C3(c4ccccc4-c4ccccc43)n3c2nc2ccccc23)cc1. The number of benzene rings is 9. The summed E-state index contributed by atoms with van der Waals surface area (Å²) in [5, 5.41) is 0. The minimum Gasteiger partial charge on any atom is -0.457 e. The number of nitrogens with zero attached hydrogens (tertiary/aromatic N) is 4. The lowest BCUT2D eigenvalue weighted by molar-refractivity contribution is 0.434. The van der Waals surface area contributed by atoms with Gasteiger partial charge in [-0.25, -0.2) is 4.98 Å². The molecule has 0 fully saturated rings. The summed E-state index contributed by atoms with van der Waals surface area (Å²) >= 11 is 0. The van der Waals surface area contributed by atoms with E-state index in [1.54, 1.807) is 0 Å². The van der Waals surface area contributed by atoms with Crippen molar-refractivity contribution in [1.82, 2.24) is 9.55 Å². The first-order valence-corrected chi connectivity index (χ1v) is 21.3. The number of hydrogen-bond acceptors (Lipinski definition) is 4. The predicted molar refractivity (Wildman–Crippen MR) is 248 cm³/mol. The molecule has 0 saturated carbocycles. The summed E-state index contributed by atoms with van der Waals surface area (Å²) in [7, 11) is 0. The van der Waals surface area contributed by atoms with E-state index in [0.29, 0.717) is 0 Å². The van der Waals surface area contributed by atoms with E-state index in [-0.39, 0.29) is 0 Å². The Morgan fingerprint density at radius 2 is 0.887 bits per heavy atom. The second-order valence-corrected chi connectivity index (χ2v) is 16.6. The summed E-state index contributed by atoms with van der Waals surface area (Å²) in [4.78, 5) is 10.4. The second kappa shape index (κ2) is 12.2. The van der Waals surface area contributed by atoms with Crippen molar-refractivity contribution in [2.24, 2.45) is 0 Å². The monoisotopic (exact) mass is 792 g/mol. The molecule has 0 bridgehead atoms. The highest BCUT2D eigenvalue weighted by Gasteiger charge is 2.54. The lowest BCUT2D eigenvalue weighted by Gasteiger charge is -2.49. The number of anilines is 6. The Morgan fingerprint density at radius 1 is 0.371 bits per heavy atom. The summed E-state index contributed by atoms with van der Waals surface area (Å²) in [5.41, 5.74) is 17.0. The molecule has 0 unspecified atom stereocenters. The van der Waals surface area contributed by atoms with Gasteiger partial charge in [0.1, 0.15) is 17.0 Å². The zero-order valence-electron chi connectivity index (χ0n) is 33.5. The summed E-state index contributed by atoms with van der Waals surface area (Å²) in [5.74, 6) is 2.63. The van der Waals surface area contributed by atoms with Crippen LogP contribution in [0.15, 0.2) is 218 Å². The number of fused-ring (bicyclic) bond motifs is 19. The van der Waals surface area contributed by atoms with Crippen LogP contribution in [0, 0.1) is 0 Å². The molecule has 3 aliphatic heterocycles. The molecule has 4 aliphatic rings. The van der Waals surface area contributed by atoms with Crippen molar-refractivity contribution in [3.05, 3.63) is 257 Å². The van der Waals surface area contributed by atoms with E-state index >= 15 is 0 Å². The minimum absolute atomic E-state index is 0.619. The predicted octanol–water partition coefficient (Wildman–Crippen LogP) is 13.9. The van der Waals surface area contributed by atoms with Crippen LogP contribution in [0.3, 0.4) is 0 Å². The van der Waals surface area contributed by atoms with E-state index in [9.17, 15) is 0 Å². The number of rotatable bonds is 2. The maximum Gasteiger partial charge on any atom is 0.217 e. The Bertz CT molecular complexity index is 3350. The van der Waals surface area contributed by atoms with Crippen LogP contribution >= 0.6 is 0 Å². The van der Waals surface area contributed by atoms with Crippen LogP contribution in [0.25, 0.3) is 22.2 Å². The fraction of sp³-hybridized carbons (Fsp3) is 0.0351. The van der Waals surface area contributed by atoms with Crippen LogP contribution < -0.4 is 14.5 Å². The second-order valence-electron chi connectivity index (χ2n) is 16.6. The number of ether oxygens (including phenoxy) is 1. The highest BCUT2D eigenvalue weighted by molar-refractivity contribution is 5.97. The molecule has 1 aromatic heterocycles. The van der Waals surface area contributed by atoms with Crippen LogP contribution in [0.1, 0.15) is 38.9 Å². The van der Waals surface area contributed by atoms with Gasteiger partial charge in [-0.15, -0.1) is 0 Å². The van der Waals surface area contributed by atoms with Gasteiger partial charge in [-0.3, -0.25) is 9.47 Å².